The van der Waals surface area contributed by atoms with Crippen molar-refractivity contribution in [2.24, 2.45) is 0 Å². The van der Waals surface area contributed by atoms with Gasteiger partial charge in [-0.1, -0.05) is 12.1 Å². The highest BCUT2D eigenvalue weighted by Crippen LogP contribution is 2.31. The molecular weight excluding hydrogens is 394 g/mol. The number of hydrogen-bond donors (Lipinski definition) is 2. The summed E-state index contributed by atoms with van der Waals surface area (Å²) in [6.07, 6.45) is 7.91. The molecule has 5 rings (SSSR count). The molecule has 2 aromatic carbocycles. The van der Waals surface area contributed by atoms with Crippen molar-refractivity contribution < 1.29 is 8.42 Å². The summed E-state index contributed by atoms with van der Waals surface area (Å²) in [6.45, 7) is 0.603. The van der Waals surface area contributed by atoms with Crippen LogP contribution in [0.3, 0.4) is 0 Å². The van der Waals surface area contributed by atoms with Crippen LogP contribution < -0.4 is 5.32 Å². The Morgan fingerprint density at radius 2 is 1.83 bits per heavy atom. The predicted molar refractivity (Wildman–Crippen MR) is 120 cm³/mol. The van der Waals surface area contributed by atoms with Crippen molar-refractivity contribution in [3.05, 3.63) is 77.6 Å². The van der Waals surface area contributed by atoms with E-state index in [2.05, 4.69) is 10.3 Å². The lowest BCUT2D eigenvalue weighted by molar-refractivity contribution is 0.587. The van der Waals surface area contributed by atoms with Crippen molar-refractivity contribution in [2.45, 2.75) is 37.1 Å². The molecule has 0 aliphatic heterocycles. The molecule has 30 heavy (non-hydrogen) atoms. The van der Waals surface area contributed by atoms with Crippen LogP contribution in [0.2, 0.25) is 0 Å². The number of nitrogens with zero attached hydrogens (tertiary/aromatic N) is 1. The number of aromatic amines is 1. The first-order valence-electron chi connectivity index (χ1n) is 10.4. The molecule has 0 bridgehead atoms. The van der Waals surface area contributed by atoms with Crippen LogP contribution in [0.1, 0.15) is 29.5 Å². The molecule has 0 atom stereocenters. The van der Waals surface area contributed by atoms with E-state index in [-0.39, 0.29) is 0 Å². The average molecular weight is 420 g/mol. The van der Waals surface area contributed by atoms with Gasteiger partial charge in [-0.05, 0) is 91.4 Å². The molecule has 0 unspecified atom stereocenters. The number of benzene rings is 2. The minimum Gasteiger partial charge on any atom is -0.361 e. The quantitative estimate of drug-likeness (QED) is 0.501. The molecule has 2 N–H and O–H groups in total. The number of nitrogens with one attached hydrogen (secondary N) is 2. The Balaban J connectivity index is 1.65. The van der Waals surface area contributed by atoms with Crippen molar-refractivity contribution >= 4 is 20.9 Å². The van der Waals surface area contributed by atoms with Gasteiger partial charge >= 0.3 is 0 Å². The van der Waals surface area contributed by atoms with Gasteiger partial charge in [0.15, 0.2) is 0 Å². The summed E-state index contributed by atoms with van der Waals surface area (Å²) < 4.78 is 28.8. The van der Waals surface area contributed by atoms with E-state index in [9.17, 15) is 8.42 Å². The Kier molecular flexibility index (Phi) is 4.76. The lowest BCUT2D eigenvalue weighted by atomic mass is 9.92. The van der Waals surface area contributed by atoms with Gasteiger partial charge in [0.25, 0.3) is 10.0 Å². The third-order valence-corrected chi connectivity index (χ3v) is 7.62. The SMILES string of the molecule is CNCc1cc(-c2ccc3[nH]ccc3c2)n(S(=O)(=O)c2ccc3c(c2)CCCC3)c1. The van der Waals surface area contributed by atoms with E-state index in [1.807, 2.05) is 55.7 Å². The van der Waals surface area contributed by atoms with E-state index in [0.29, 0.717) is 17.1 Å². The maximum Gasteiger partial charge on any atom is 0.268 e. The van der Waals surface area contributed by atoms with Gasteiger partial charge in [0.1, 0.15) is 0 Å². The largest absolute Gasteiger partial charge is 0.361 e. The lowest BCUT2D eigenvalue weighted by Crippen LogP contribution is -2.15. The van der Waals surface area contributed by atoms with Gasteiger partial charge < -0.3 is 10.3 Å². The molecule has 0 spiro atoms. The van der Waals surface area contributed by atoms with E-state index < -0.39 is 10.0 Å². The smallest absolute Gasteiger partial charge is 0.268 e. The Labute approximate surface area is 176 Å². The maximum atomic E-state index is 13.7. The first-order valence-corrected chi connectivity index (χ1v) is 11.8. The number of fused-ring (bicyclic) bond motifs is 2. The van der Waals surface area contributed by atoms with E-state index in [0.717, 1.165) is 41.3 Å². The van der Waals surface area contributed by atoms with Gasteiger partial charge in [0.05, 0.1) is 10.6 Å². The zero-order valence-electron chi connectivity index (χ0n) is 17.0. The molecule has 0 saturated heterocycles. The van der Waals surface area contributed by atoms with Gasteiger partial charge in [-0.25, -0.2) is 12.4 Å². The molecular formula is C24H25N3O2S. The molecule has 0 radical (unpaired) electrons. The Bertz CT molecular complexity index is 1330. The molecule has 0 saturated carbocycles. The van der Waals surface area contributed by atoms with E-state index in [1.54, 1.807) is 12.3 Å². The van der Waals surface area contributed by atoms with Gasteiger partial charge in [0, 0.05) is 29.8 Å². The summed E-state index contributed by atoms with van der Waals surface area (Å²) in [4.78, 5) is 3.55. The predicted octanol–water partition coefficient (Wildman–Crippen LogP) is 4.47. The molecule has 0 fully saturated rings. The molecule has 5 nitrogen and oxygen atoms in total. The highest BCUT2D eigenvalue weighted by atomic mass is 32.2. The standard InChI is InChI=1S/C24H25N3O2S/c1-25-15-17-12-24(21-7-9-23-20(13-21)10-11-26-23)27(16-17)30(28,29)22-8-6-18-4-2-3-5-19(18)14-22/h6-14,16,25-26H,2-5,15H2,1H3. The van der Waals surface area contributed by atoms with E-state index in [1.165, 1.54) is 21.5 Å². The second-order valence-electron chi connectivity index (χ2n) is 7.98. The van der Waals surface area contributed by atoms with Crippen LogP contribution in [0.4, 0.5) is 0 Å². The fraction of sp³-hybridized carbons (Fsp3) is 0.250. The van der Waals surface area contributed by atoms with Crippen LogP contribution in [0.5, 0.6) is 0 Å². The molecule has 6 heteroatoms. The summed E-state index contributed by atoms with van der Waals surface area (Å²) >= 11 is 0. The number of rotatable bonds is 5. The topological polar surface area (TPSA) is 66.9 Å². The number of H-pyrrole nitrogens is 1. The van der Waals surface area contributed by atoms with Crippen molar-refractivity contribution in [1.82, 2.24) is 14.3 Å². The minimum atomic E-state index is -3.71. The third kappa shape index (κ3) is 3.26. The molecule has 4 aromatic rings. The summed E-state index contributed by atoms with van der Waals surface area (Å²) in [6, 6.07) is 15.6. The lowest BCUT2D eigenvalue weighted by Gasteiger charge is -2.17. The normalized spacial score (nSPS) is 14.2. The van der Waals surface area contributed by atoms with Gasteiger partial charge in [-0.15, -0.1) is 0 Å². The van der Waals surface area contributed by atoms with Gasteiger partial charge in [-0.3, -0.25) is 0 Å². The van der Waals surface area contributed by atoms with Crippen LogP contribution in [0, 0.1) is 0 Å². The Morgan fingerprint density at radius 3 is 2.67 bits per heavy atom. The third-order valence-electron chi connectivity index (χ3n) is 5.95. The summed E-state index contributed by atoms with van der Waals surface area (Å²) in [5, 5.41) is 4.18. The van der Waals surface area contributed by atoms with Crippen LogP contribution >= 0.6 is 0 Å². The van der Waals surface area contributed by atoms with Crippen LogP contribution in [-0.2, 0) is 29.4 Å². The molecule has 2 aromatic heterocycles. The first-order chi connectivity index (χ1) is 14.6. The maximum absolute atomic E-state index is 13.7. The van der Waals surface area contributed by atoms with Crippen molar-refractivity contribution in [1.29, 1.82) is 0 Å². The molecule has 154 valence electrons. The van der Waals surface area contributed by atoms with Crippen molar-refractivity contribution in [2.75, 3.05) is 7.05 Å². The number of hydrogen-bond acceptors (Lipinski definition) is 3. The van der Waals surface area contributed by atoms with E-state index in [4.69, 9.17) is 0 Å². The highest BCUT2D eigenvalue weighted by molar-refractivity contribution is 7.90. The second kappa shape index (κ2) is 7.45. The molecule has 0 amide bonds. The van der Waals surface area contributed by atoms with Crippen molar-refractivity contribution in [3.63, 3.8) is 0 Å². The highest BCUT2D eigenvalue weighted by Gasteiger charge is 2.23. The Morgan fingerprint density at radius 1 is 1.00 bits per heavy atom. The monoisotopic (exact) mass is 419 g/mol. The van der Waals surface area contributed by atoms with E-state index >= 15 is 0 Å². The second-order valence-corrected chi connectivity index (χ2v) is 9.80. The zero-order valence-corrected chi connectivity index (χ0v) is 17.8. The summed E-state index contributed by atoms with van der Waals surface area (Å²) in [5.41, 5.74) is 5.97. The zero-order chi connectivity index (χ0) is 20.7. The van der Waals surface area contributed by atoms with Crippen LogP contribution in [-0.4, -0.2) is 24.4 Å². The Hall–Kier alpha value is -2.83. The van der Waals surface area contributed by atoms with Gasteiger partial charge in [-0.2, -0.15) is 0 Å². The fourth-order valence-corrected chi connectivity index (χ4v) is 5.85. The molecule has 2 heterocycles. The summed E-state index contributed by atoms with van der Waals surface area (Å²) in [7, 11) is -1.85. The fourth-order valence-electron chi connectivity index (χ4n) is 4.40. The number of aromatic nitrogens is 2. The average Bonchev–Trinajstić information content (AvgIpc) is 3.40. The molecule has 1 aliphatic rings. The van der Waals surface area contributed by atoms with Gasteiger partial charge in [0.2, 0.25) is 0 Å². The first kappa shape index (κ1) is 19.2. The number of aryl methyl sites for hydroxylation is 2. The van der Waals surface area contributed by atoms with Crippen LogP contribution in [0.15, 0.2) is 65.8 Å². The minimum absolute atomic E-state index is 0.360. The van der Waals surface area contributed by atoms with Crippen molar-refractivity contribution in [3.8, 4) is 11.3 Å². The molecule has 1 aliphatic carbocycles. The van der Waals surface area contributed by atoms with Crippen LogP contribution in [0.25, 0.3) is 22.2 Å². The summed E-state index contributed by atoms with van der Waals surface area (Å²) in [5.74, 6) is 0.